The Bertz CT molecular complexity index is 279. The Morgan fingerprint density at radius 1 is 0.950 bits per heavy atom. The number of unbranched alkanes of at least 4 members (excludes halogenated alkanes) is 1. The van der Waals surface area contributed by atoms with Gasteiger partial charge in [0.1, 0.15) is 18.3 Å². The van der Waals surface area contributed by atoms with Crippen LogP contribution < -0.4 is 5.32 Å². The first-order valence-corrected chi connectivity index (χ1v) is 6.89. The van der Waals surface area contributed by atoms with Gasteiger partial charge in [0.05, 0.1) is 0 Å². The molecule has 0 aliphatic carbocycles. The maximum absolute atomic E-state index is 11.5. The molecule has 0 radical (unpaired) electrons. The average Bonchev–Trinajstić information content (AvgIpc) is 2.46. The summed E-state index contributed by atoms with van der Waals surface area (Å²) in [6, 6.07) is 0. The SMILES string of the molecule is CCCCC(=O)[C@H](O)[C@@H](O)[C@@H](O)[C@H](O)C(=O)NCCC. The van der Waals surface area contributed by atoms with Gasteiger partial charge in [-0.1, -0.05) is 20.3 Å². The molecule has 7 heteroatoms. The summed E-state index contributed by atoms with van der Waals surface area (Å²) in [6.45, 7) is 4.00. The van der Waals surface area contributed by atoms with Gasteiger partial charge in [0.2, 0.25) is 0 Å². The molecule has 0 aromatic rings. The molecule has 7 nitrogen and oxygen atoms in total. The second kappa shape index (κ2) is 9.82. The molecule has 0 saturated heterocycles. The maximum atomic E-state index is 11.5. The molecular formula is C13H25NO6. The molecule has 0 aromatic carbocycles. The van der Waals surface area contributed by atoms with Crippen LogP contribution in [0.3, 0.4) is 0 Å². The molecule has 0 unspecified atom stereocenters. The summed E-state index contributed by atoms with van der Waals surface area (Å²) in [5, 5.41) is 40.7. The van der Waals surface area contributed by atoms with E-state index in [-0.39, 0.29) is 6.42 Å². The Morgan fingerprint density at radius 3 is 2.00 bits per heavy atom. The van der Waals surface area contributed by atoms with Crippen LogP contribution in [0.5, 0.6) is 0 Å². The third kappa shape index (κ3) is 5.96. The zero-order valence-corrected chi connectivity index (χ0v) is 12.0. The number of ketones is 1. The van der Waals surface area contributed by atoms with E-state index in [9.17, 15) is 30.0 Å². The van der Waals surface area contributed by atoms with E-state index in [4.69, 9.17) is 0 Å². The highest BCUT2D eigenvalue weighted by atomic mass is 16.4. The lowest BCUT2D eigenvalue weighted by Crippen LogP contribution is -2.52. The zero-order valence-electron chi connectivity index (χ0n) is 12.0. The third-order valence-electron chi connectivity index (χ3n) is 2.92. The van der Waals surface area contributed by atoms with Crippen LogP contribution in [0.1, 0.15) is 39.5 Å². The number of carbonyl (C=O) groups is 2. The number of hydrogen-bond acceptors (Lipinski definition) is 6. The summed E-state index contributed by atoms with van der Waals surface area (Å²) in [6.07, 6.45) is -5.52. The standard InChI is InChI=1S/C13H25NO6/c1-3-5-6-8(15)9(16)10(17)11(18)12(19)13(20)14-7-4-2/h9-12,16-19H,3-7H2,1-2H3,(H,14,20)/t9-,10+,11+,12-/m0/s1. The first-order valence-electron chi connectivity index (χ1n) is 6.89. The van der Waals surface area contributed by atoms with Crippen molar-refractivity contribution < 1.29 is 30.0 Å². The number of nitrogens with one attached hydrogen (secondary N) is 1. The Kier molecular flexibility index (Phi) is 9.32. The number of hydrogen-bond donors (Lipinski definition) is 5. The minimum Gasteiger partial charge on any atom is -0.387 e. The van der Waals surface area contributed by atoms with Crippen LogP contribution in [-0.2, 0) is 9.59 Å². The van der Waals surface area contributed by atoms with E-state index in [1.807, 2.05) is 13.8 Å². The van der Waals surface area contributed by atoms with Crippen LogP contribution in [0.15, 0.2) is 0 Å². The normalized spacial score (nSPS) is 17.1. The van der Waals surface area contributed by atoms with Crippen molar-refractivity contribution in [1.29, 1.82) is 0 Å². The van der Waals surface area contributed by atoms with Gasteiger partial charge >= 0.3 is 0 Å². The van der Waals surface area contributed by atoms with Crippen molar-refractivity contribution in [3.8, 4) is 0 Å². The zero-order chi connectivity index (χ0) is 15.7. The lowest BCUT2D eigenvalue weighted by molar-refractivity contribution is -0.154. The van der Waals surface area contributed by atoms with E-state index in [0.717, 1.165) is 6.42 Å². The molecular weight excluding hydrogens is 266 g/mol. The van der Waals surface area contributed by atoms with Crippen molar-refractivity contribution in [1.82, 2.24) is 5.32 Å². The highest BCUT2D eigenvalue weighted by Gasteiger charge is 2.36. The van der Waals surface area contributed by atoms with Crippen molar-refractivity contribution >= 4 is 11.7 Å². The van der Waals surface area contributed by atoms with Crippen LogP contribution in [0.25, 0.3) is 0 Å². The quantitative estimate of drug-likeness (QED) is 0.341. The summed E-state index contributed by atoms with van der Waals surface area (Å²) < 4.78 is 0. The Balaban J connectivity index is 4.46. The lowest BCUT2D eigenvalue weighted by Gasteiger charge is -2.25. The third-order valence-corrected chi connectivity index (χ3v) is 2.92. The largest absolute Gasteiger partial charge is 0.387 e. The number of amides is 1. The molecule has 0 fully saturated rings. The van der Waals surface area contributed by atoms with E-state index in [1.165, 1.54) is 0 Å². The lowest BCUT2D eigenvalue weighted by atomic mass is 9.97. The van der Waals surface area contributed by atoms with Crippen LogP contribution in [0, 0.1) is 0 Å². The molecule has 0 aliphatic rings. The Labute approximate surface area is 118 Å². The molecule has 0 rings (SSSR count). The number of rotatable bonds is 10. The van der Waals surface area contributed by atoms with Crippen LogP contribution >= 0.6 is 0 Å². The molecule has 5 N–H and O–H groups in total. The van der Waals surface area contributed by atoms with Gasteiger partial charge in [0, 0.05) is 13.0 Å². The van der Waals surface area contributed by atoms with Crippen molar-refractivity contribution in [2.24, 2.45) is 0 Å². The minimum atomic E-state index is -1.92. The minimum absolute atomic E-state index is 0.0690. The first kappa shape index (κ1) is 19.0. The second-order valence-electron chi connectivity index (χ2n) is 4.73. The molecule has 0 aromatic heterocycles. The van der Waals surface area contributed by atoms with E-state index < -0.39 is 36.1 Å². The fraction of sp³-hybridized carbons (Fsp3) is 0.846. The van der Waals surface area contributed by atoms with Gasteiger partial charge in [0.25, 0.3) is 5.91 Å². The molecule has 1 amide bonds. The van der Waals surface area contributed by atoms with Crippen molar-refractivity contribution in [2.45, 2.75) is 63.9 Å². The van der Waals surface area contributed by atoms with E-state index in [1.54, 1.807) is 0 Å². The molecule has 0 saturated carbocycles. The molecule has 0 spiro atoms. The highest BCUT2D eigenvalue weighted by Crippen LogP contribution is 2.09. The van der Waals surface area contributed by atoms with Crippen LogP contribution in [-0.4, -0.2) is 63.1 Å². The van der Waals surface area contributed by atoms with Gasteiger partial charge in [0.15, 0.2) is 11.9 Å². The van der Waals surface area contributed by atoms with Crippen LogP contribution in [0.4, 0.5) is 0 Å². The van der Waals surface area contributed by atoms with Crippen molar-refractivity contribution in [3.05, 3.63) is 0 Å². The van der Waals surface area contributed by atoms with Gasteiger partial charge in [-0.3, -0.25) is 9.59 Å². The van der Waals surface area contributed by atoms with Gasteiger partial charge < -0.3 is 25.7 Å². The Morgan fingerprint density at radius 2 is 1.50 bits per heavy atom. The topological polar surface area (TPSA) is 127 Å². The highest BCUT2D eigenvalue weighted by molar-refractivity contribution is 5.84. The smallest absolute Gasteiger partial charge is 0.251 e. The number of aliphatic hydroxyl groups excluding tert-OH is 4. The van der Waals surface area contributed by atoms with E-state index in [0.29, 0.717) is 19.4 Å². The van der Waals surface area contributed by atoms with Crippen LogP contribution in [0.2, 0.25) is 0 Å². The van der Waals surface area contributed by atoms with Gasteiger partial charge in [-0.25, -0.2) is 0 Å². The molecule has 118 valence electrons. The van der Waals surface area contributed by atoms with E-state index in [2.05, 4.69) is 5.32 Å². The molecule has 0 aliphatic heterocycles. The first-order chi connectivity index (χ1) is 9.36. The summed E-state index contributed by atoms with van der Waals surface area (Å²) >= 11 is 0. The molecule has 0 heterocycles. The van der Waals surface area contributed by atoms with Crippen molar-refractivity contribution in [2.75, 3.05) is 6.54 Å². The average molecular weight is 291 g/mol. The molecule has 4 atom stereocenters. The van der Waals surface area contributed by atoms with Gasteiger partial charge in [-0.2, -0.15) is 0 Å². The van der Waals surface area contributed by atoms with Gasteiger partial charge in [-0.05, 0) is 12.8 Å². The monoisotopic (exact) mass is 291 g/mol. The second-order valence-corrected chi connectivity index (χ2v) is 4.73. The molecule has 0 bridgehead atoms. The Hall–Kier alpha value is -1.02. The maximum Gasteiger partial charge on any atom is 0.251 e. The fourth-order valence-corrected chi connectivity index (χ4v) is 1.57. The van der Waals surface area contributed by atoms with Crippen molar-refractivity contribution in [3.63, 3.8) is 0 Å². The van der Waals surface area contributed by atoms with E-state index >= 15 is 0 Å². The number of Topliss-reactive ketones (excluding diaryl/α,β-unsaturated/α-hetero) is 1. The summed E-state index contributed by atoms with van der Waals surface area (Å²) in [5.41, 5.74) is 0. The predicted octanol–water partition coefficient (Wildman–Crippen LogP) is -1.28. The number of carbonyl (C=O) groups excluding carboxylic acids is 2. The fourth-order valence-electron chi connectivity index (χ4n) is 1.57. The molecule has 20 heavy (non-hydrogen) atoms. The van der Waals surface area contributed by atoms with Gasteiger partial charge in [-0.15, -0.1) is 0 Å². The summed E-state index contributed by atoms with van der Waals surface area (Å²) in [5.74, 6) is -1.48. The predicted molar refractivity (Wildman–Crippen MR) is 71.9 cm³/mol. The number of aliphatic hydroxyl groups is 4. The summed E-state index contributed by atoms with van der Waals surface area (Å²) in [7, 11) is 0. The summed E-state index contributed by atoms with van der Waals surface area (Å²) in [4.78, 5) is 22.9.